The van der Waals surface area contributed by atoms with Crippen molar-refractivity contribution in [1.82, 2.24) is 20.8 Å². The fourth-order valence-corrected chi connectivity index (χ4v) is 2.11. The Kier molecular flexibility index (Phi) is 5.58. The van der Waals surface area contributed by atoms with Crippen molar-refractivity contribution < 1.29 is 23.3 Å². The average Bonchev–Trinajstić information content (AvgIpc) is 3.25. The van der Waals surface area contributed by atoms with E-state index in [4.69, 9.17) is 4.42 Å². The van der Waals surface area contributed by atoms with Crippen LogP contribution in [0.3, 0.4) is 0 Å². The zero-order chi connectivity index (χ0) is 20.8. The number of halogens is 1. The van der Waals surface area contributed by atoms with Crippen molar-refractivity contribution in [3.8, 4) is 0 Å². The first kappa shape index (κ1) is 19.2. The van der Waals surface area contributed by atoms with Crippen LogP contribution in [0.5, 0.6) is 0 Å². The first-order valence-electron chi connectivity index (χ1n) is 7.87. The van der Waals surface area contributed by atoms with E-state index in [0.29, 0.717) is 0 Å². The van der Waals surface area contributed by atoms with E-state index in [0.717, 1.165) is 18.5 Å². The molecule has 12 nitrogen and oxygen atoms in total. The van der Waals surface area contributed by atoms with Gasteiger partial charge in [-0.2, -0.15) is 0 Å². The lowest BCUT2D eigenvalue weighted by Crippen LogP contribution is -2.32. The van der Waals surface area contributed by atoms with Crippen LogP contribution in [-0.4, -0.2) is 26.7 Å². The monoisotopic (exact) mass is 401 g/mol. The molecule has 2 aromatic heterocycles. The summed E-state index contributed by atoms with van der Waals surface area (Å²) in [5, 5.41) is 11.4. The third-order valence-electron chi connectivity index (χ3n) is 3.45. The number of carbonyl (C=O) groups excluding carboxylic acids is 2. The predicted molar refractivity (Wildman–Crippen MR) is 96.0 cm³/mol. The van der Waals surface area contributed by atoms with Crippen LogP contribution in [0, 0.1) is 15.9 Å². The highest BCUT2D eigenvalue weighted by Gasteiger charge is 2.24. The predicted octanol–water partition coefficient (Wildman–Crippen LogP) is 1.63. The maximum atomic E-state index is 12.9. The van der Waals surface area contributed by atoms with Gasteiger partial charge in [-0.1, -0.05) is 0 Å². The van der Waals surface area contributed by atoms with E-state index in [-0.39, 0.29) is 23.0 Å². The smallest absolute Gasteiger partial charge is 0.356 e. The normalized spacial score (nSPS) is 10.1. The highest BCUT2D eigenvalue weighted by molar-refractivity contribution is 5.95. The van der Waals surface area contributed by atoms with Gasteiger partial charge in [0.05, 0.1) is 11.2 Å². The minimum atomic E-state index is -0.812. The van der Waals surface area contributed by atoms with E-state index in [1.807, 2.05) is 0 Å². The van der Waals surface area contributed by atoms with E-state index < -0.39 is 28.2 Å². The number of hydrogen-bond acceptors (Lipinski definition) is 9. The molecule has 4 N–H and O–H groups in total. The lowest BCUT2D eigenvalue weighted by molar-refractivity contribution is -0.383. The fraction of sp³-hybridized carbons (Fsp3) is 0. The van der Waals surface area contributed by atoms with Crippen molar-refractivity contribution >= 4 is 29.1 Å². The Balaban J connectivity index is 1.72. The third-order valence-corrected chi connectivity index (χ3v) is 3.45. The molecule has 0 aliphatic carbocycles. The second-order valence-corrected chi connectivity index (χ2v) is 5.32. The largest absolute Gasteiger partial charge is 0.459 e. The number of nitrogens with zero attached hydrogens (tertiary/aromatic N) is 3. The summed E-state index contributed by atoms with van der Waals surface area (Å²) in [6.45, 7) is 0. The number of furan rings is 1. The van der Waals surface area contributed by atoms with Gasteiger partial charge in [0.25, 0.3) is 5.91 Å². The minimum absolute atomic E-state index is 0.0286. The molecule has 1 aromatic carbocycles. The number of nitrogens with one attached hydrogen (secondary N) is 4. The Labute approximate surface area is 161 Å². The van der Waals surface area contributed by atoms with Gasteiger partial charge >= 0.3 is 11.6 Å². The molecule has 3 rings (SSSR count). The number of nitro groups is 1. The van der Waals surface area contributed by atoms with Gasteiger partial charge in [-0.15, -0.1) is 0 Å². The molecule has 0 aliphatic heterocycles. The first-order valence-corrected chi connectivity index (χ1v) is 7.87. The number of rotatable bonds is 7. The molecule has 148 valence electrons. The number of amides is 2. The van der Waals surface area contributed by atoms with Crippen LogP contribution in [0.4, 0.5) is 21.7 Å². The molecule has 0 aliphatic rings. The first-order chi connectivity index (χ1) is 14.0. The van der Waals surface area contributed by atoms with Crippen molar-refractivity contribution in [2.24, 2.45) is 0 Å². The molecular weight excluding hydrogens is 389 g/mol. The van der Waals surface area contributed by atoms with Crippen LogP contribution in [0.25, 0.3) is 0 Å². The van der Waals surface area contributed by atoms with Crippen LogP contribution in [-0.2, 0) is 0 Å². The summed E-state index contributed by atoms with van der Waals surface area (Å²) in [7, 11) is 0. The number of hydrogen-bond donors (Lipinski definition) is 4. The molecule has 2 heterocycles. The maximum absolute atomic E-state index is 12.9. The molecule has 13 heteroatoms. The van der Waals surface area contributed by atoms with Crippen molar-refractivity contribution in [3.63, 3.8) is 0 Å². The third kappa shape index (κ3) is 4.60. The van der Waals surface area contributed by atoms with Gasteiger partial charge in [-0.05, 0) is 36.4 Å². The highest BCUT2D eigenvalue weighted by Crippen LogP contribution is 2.27. The number of hydrazine groups is 2. The van der Waals surface area contributed by atoms with E-state index in [1.54, 1.807) is 0 Å². The molecule has 0 saturated heterocycles. The van der Waals surface area contributed by atoms with Gasteiger partial charge < -0.3 is 4.42 Å². The van der Waals surface area contributed by atoms with E-state index in [9.17, 15) is 24.1 Å². The zero-order valence-corrected chi connectivity index (χ0v) is 14.4. The van der Waals surface area contributed by atoms with E-state index in [2.05, 4.69) is 31.7 Å². The van der Waals surface area contributed by atoms with Gasteiger partial charge in [0.2, 0.25) is 11.6 Å². The fourth-order valence-electron chi connectivity index (χ4n) is 2.11. The van der Waals surface area contributed by atoms with Crippen molar-refractivity contribution in [2.75, 3.05) is 10.9 Å². The molecule has 0 unspecified atom stereocenters. The standard InChI is InChI=1S/C16H12FN7O5/c17-10-5-3-9(4-6-10)15(25)22-20-13-12(24(27)28)14(19-8-18-13)21-23-16(26)11-2-1-7-29-11/h1-8H,(H,22,25)(H,23,26)(H2,18,19,20,21). The van der Waals surface area contributed by atoms with Crippen LogP contribution < -0.4 is 21.7 Å². The number of anilines is 2. The Morgan fingerprint density at radius 3 is 2.17 bits per heavy atom. The van der Waals surface area contributed by atoms with Gasteiger partial charge in [0.15, 0.2) is 5.76 Å². The molecule has 0 atom stereocenters. The Hall–Kier alpha value is -4.55. The molecular formula is C16H12FN7O5. The van der Waals surface area contributed by atoms with Crippen LogP contribution in [0.15, 0.2) is 53.4 Å². The molecule has 29 heavy (non-hydrogen) atoms. The summed E-state index contributed by atoms with van der Waals surface area (Å²) in [4.78, 5) is 41.9. The second kappa shape index (κ2) is 8.43. The maximum Gasteiger partial charge on any atom is 0.356 e. The van der Waals surface area contributed by atoms with E-state index in [1.165, 1.54) is 30.5 Å². The van der Waals surface area contributed by atoms with Gasteiger partial charge in [0, 0.05) is 5.56 Å². The summed E-state index contributed by atoms with van der Waals surface area (Å²) in [5.41, 5.74) is 8.47. The Morgan fingerprint density at radius 2 is 1.62 bits per heavy atom. The summed E-state index contributed by atoms with van der Waals surface area (Å²) >= 11 is 0. The highest BCUT2D eigenvalue weighted by atomic mass is 19.1. The molecule has 0 radical (unpaired) electrons. The number of benzene rings is 1. The lowest BCUT2D eigenvalue weighted by atomic mass is 10.2. The average molecular weight is 401 g/mol. The Bertz CT molecular complexity index is 1040. The van der Waals surface area contributed by atoms with Gasteiger partial charge in [-0.3, -0.25) is 41.4 Å². The second-order valence-electron chi connectivity index (χ2n) is 5.32. The van der Waals surface area contributed by atoms with Gasteiger partial charge in [0.1, 0.15) is 12.1 Å². The lowest BCUT2D eigenvalue weighted by Gasteiger charge is -2.11. The van der Waals surface area contributed by atoms with Crippen molar-refractivity contribution in [1.29, 1.82) is 0 Å². The topological polar surface area (TPSA) is 164 Å². The molecule has 0 bridgehead atoms. The number of carbonyl (C=O) groups is 2. The van der Waals surface area contributed by atoms with Crippen LogP contribution in [0.2, 0.25) is 0 Å². The summed E-state index contributed by atoms with van der Waals surface area (Å²) < 4.78 is 17.8. The van der Waals surface area contributed by atoms with Crippen LogP contribution in [0.1, 0.15) is 20.9 Å². The Morgan fingerprint density at radius 1 is 1.00 bits per heavy atom. The molecule has 0 spiro atoms. The zero-order valence-electron chi connectivity index (χ0n) is 14.4. The minimum Gasteiger partial charge on any atom is -0.459 e. The molecule has 0 fully saturated rings. The summed E-state index contributed by atoms with van der Waals surface area (Å²) in [6, 6.07) is 7.53. The molecule has 0 saturated carbocycles. The summed E-state index contributed by atoms with van der Waals surface area (Å²) in [6.07, 6.45) is 2.26. The van der Waals surface area contributed by atoms with Gasteiger partial charge in [-0.25, -0.2) is 14.4 Å². The quantitative estimate of drug-likeness (QED) is 0.340. The van der Waals surface area contributed by atoms with E-state index >= 15 is 0 Å². The SMILES string of the molecule is O=C(NNc1ncnc(NNC(=O)c2ccco2)c1[N+](=O)[O-])c1ccc(F)cc1. The van der Waals surface area contributed by atoms with Crippen molar-refractivity contribution in [3.05, 3.63) is 76.2 Å². The van der Waals surface area contributed by atoms with Crippen molar-refractivity contribution in [2.45, 2.75) is 0 Å². The van der Waals surface area contributed by atoms with Crippen LogP contribution >= 0.6 is 0 Å². The number of aromatic nitrogens is 2. The molecule has 2 amide bonds. The molecule has 3 aromatic rings. The summed E-state index contributed by atoms with van der Waals surface area (Å²) in [5.74, 6) is -2.62.